The monoisotopic (exact) mass is 542 g/mol. The molecule has 2 aromatic heterocycles. The van der Waals surface area contributed by atoms with Crippen molar-refractivity contribution in [2.45, 2.75) is 0 Å². The molecular weight excluding hydrogens is 504 g/mol. The summed E-state index contributed by atoms with van der Waals surface area (Å²) in [5.41, 5.74) is 4.32. The molecule has 0 saturated carbocycles. The zero-order valence-corrected chi connectivity index (χ0v) is 23.8. The molecule has 9 nitrogen and oxygen atoms in total. The average molecular weight is 543 g/mol. The Bertz CT molecular complexity index is 1640. The Hall–Kier alpha value is -3.95. The van der Waals surface area contributed by atoms with Crippen molar-refractivity contribution in [3.05, 3.63) is 80.9 Å². The summed E-state index contributed by atoms with van der Waals surface area (Å²) in [5.74, 6) is 0. The number of fused-ring (bicyclic) bond motifs is 2. The Labute approximate surface area is 234 Å². The van der Waals surface area contributed by atoms with Crippen molar-refractivity contribution >= 4 is 39.5 Å². The number of pyridine rings is 2. The molecule has 0 atom stereocenters. The lowest BCUT2D eigenvalue weighted by Gasteiger charge is -2.34. The number of piperazine rings is 2. The Balaban J connectivity index is 0.000000162. The number of aldehydes is 1. The molecule has 4 aromatic rings. The van der Waals surface area contributed by atoms with E-state index in [0.717, 1.165) is 74.5 Å². The molecule has 0 unspecified atom stereocenters. The molecule has 2 saturated heterocycles. The van der Waals surface area contributed by atoms with E-state index in [4.69, 9.17) is 0 Å². The number of likely N-dealkylation sites (N-methyl/N-ethyl adjacent to an activating group) is 2. The first-order chi connectivity index (χ1) is 19.2. The quantitative estimate of drug-likeness (QED) is 0.368. The Kier molecular flexibility index (Phi) is 8.04. The van der Waals surface area contributed by atoms with E-state index >= 15 is 0 Å². The van der Waals surface area contributed by atoms with Gasteiger partial charge in [0.15, 0.2) is 17.1 Å². The minimum atomic E-state index is -0.192. The molecule has 4 heterocycles. The number of hydrogen-bond acceptors (Lipinski definition) is 7. The molecule has 40 heavy (non-hydrogen) atoms. The number of aromatic nitrogens is 2. The average Bonchev–Trinajstić information content (AvgIpc) is 2.97. The van der Waals surface area contributed by atoms with E-state index < -0.39 is 0 Å². The lowest BCUT2D eigenvalue weighted by molar-refractivity contribution is 0.112. The maximum atomic E-state index is 12.2. The van der Waals surface area contributed by atoms with E-state index in [-0.39, 0.29) is 16.4 Å². The number of carbonyl (C=O) groups is 1. The largest absolute Gasteiger partial charge is 0.369 e. The van der Waals surface area contributed by atoms with Crippen LogP contribution < -0.4 is 20.7 Å². The zero-order valence-electron chi connectivity index (χ0n) is 23.8. The van der Waals surface area contributed by atoms with Crippen LogP contribution in [0.4, 0.5) is 11.4 Å². The van der Waals surface area contributed by atoms with Crippen LogP contribution in [0.2, 0.25) is 0 Å². The van der Waals surface area contributed by atoms with Crippen LogP contribution in [0, 0.1) is 0 Å². The number of aryl methyl sites for hydroxylation is 2. The molecule has 2 fully saturated rings. The Morgan fingerprint density at radius 3 is 1.65 bits per heavy atom. The van der Waals surface area contributed by atoms with Crippen molar-refractivity contribution in [1.29, 1.82) is 0 Å². The van der Waals surface area contributed by atoms with Crippen LogP contribution in [0.25, 0.3) is 21.8 Å². The minimum Gasteiger partial charge on any atom is -0.369 e. The molecule has 0 radical (unpaired) electrons. The summed E-state index contributed by atoms with van der Waals surface area (Å²) in [6.07, 6.45) is 4.06. The Morgan fingerprint density at radius 2 is 1.12 bits per heavy atom. The summed E-state index contributed by atoms with van der Waals surface area (Å²) in [6.45, 7) is 8.33. The number of hydrogen-bond donors (Lipinski definition) is 0. The third-order valence-corrected chi connectivity index (χ3v) is 8.14. The first-order valence-corrected chi connectivity index (χ1v) is 13.8. The van der Waals surface area contributed by atoms with Crippen molar-refractivity contribution in [3.8, 4) is 0 Å². The van der Waals surface area contributed by atoms with Crippen molar-refractivity contribution in [2.75, 3.05) is 76.3 Å². The normalized spacial score (nSPS) is 16.7. The van der Waals surface area contributed by atoms with E-state index in [0.29, 0.717) is 11.7 Å². The highest BCUT2D eigenvalue weighted by atomic mass is 16.1. The van der Waals surface area contributed by atoms with Gasteiger partial charge in [0.05, 0.1) is 16.6 Å². The molecule has 0 spiro atoms. The predicted molar refractivity (Wildman–Crippen MR) is 163 cm³/mol. The van der Waals surface area contributed by atoms with Gasteiger partial charge in [-0.25, -0.2) is 0 Å². The van der Waals surface area contributed by atoms with Gasteiger partial charge in [-0.05, 0) is 50.5 Å². The van der Waals surface area contributed by atoms with Crippen LogP contribution in [0.1, 0.15) is 10.4 Å². The van der Waals surface area contributed by atoms with Crippen molar-refractivity contribution < 1.29 is 4.79 Å². The van der Waals surface area contributed by atoms with Gasteiger partial charge in [-0.2, -0.15) is 0 Å². The number of rotatable bonds is 3. The van der Waals surface area contributed by atoms with E-state index in [1.165, 1.54) is 5.69 Å². The van der Waals surface area contributed by atoms with Crippen molar-refractivity contribution in [3.63, 3.8) is 0 Å². The highest BCUT2D eigenvalue weighted by Gasteiger charge is 2.17. The molecule has 2 aliphatic rings. The van der Waals surface area contributed by atoms with Crippen LogP contribution in [0.15, 0.2) is 64.4 Å². The maximum Gasteiger partial charge on any atom is 0.199 e. The molecule has 0 amide bonds. The molecular formula is C31H38N6O3. The van der Waals surface area contributed by atoms with Gasteiger partial charge < -0.3 is 28.7 Å². The number of carbonyl (C=O) groups excluding carboxylic acids is 1. The lowest BCUT2D eigenvalue weighted by Crippen LogP contribution is -2.44. The number of anilines is 2. The first-order valence-electron chi connectivity index (χ1n) is 13.8. The van der Waals surface area contributed by atoms with Gasteiger partial charge in [0.25, 0.3) is 0 Å². The van der Waals surface area contributed by atoms with Crippen molar-refractivity contribution in [1.82, 2.24) is 18.9 Å². The molecule has 210 valence electrons. The van der Waals surface area contributed by atoms with Gasteiger partial charge in [-0.1, -0.05) is 0 Å². The highest BCUT2D eigenvalue weighted by Crippen LogP contribution is 2.22. The summed E-state index contributed by atoms with van der Waals surface area (Å²) >= 11 is 0. The molecule has 2 aromatic carbocycles. The summed E-state index contributed by atoms with van der Waals surface area (Å²) in [5, 5.41) is 1.39. The van der Waals surface area contributed by atoms with Gasteiger partial charge in [0.2, 0.25) is 0 Å². The van der Waals surface area contributed by atoms with Gasteiger partial charge in [0.1, 0.15) is 0 Å². The number of nitrogens with zero attached hydrogens (tertiary/aromatic N) is 6. The second-order valence-electron chi connectivity index (χ2n) is 10.9. The van der Waals surface area contributed by atoms with Crippen LogP contribution >= 0.6 is 0 Å². The second kappa shape index (κ2) is 11.7. The van der Waals surface area contributed by atoms with Gasteiger partial charge in [0, 0.05) is 107 Å². The number of benzene rings is 2. The second-order valence-corrected chi connectivity index (χ2v) is 10.9. The molecule has 0 aliphatic carbocycles. The molecule has 2 aliphatic heterocycles. The van der Waals surface area contributed by atoms with E-state index in [2.05, 4.69) is 45.8 Å². The topological polar surface area (TPSA) is 74.0 Å². The zero-order chi connectivity index (χ0) is 28.4. The fraction of sp³-hybridized carbons (Fsp3) is 0.387. The third-order valence-electron chi connectivity index (χ3n) is 8.14. The standard InChI is InChI=1S/C16H19N3O2.C15H19N3O/c1-17-5-7-19(8-6-17)13-3-4-14-15(9-13)18(2)10-12(11-20)16(14)21;1-16-7-9-18(10-8-16)12-3-4-13-14(11-12)17(2)6-5-15(13)19/h3-4,9-11H,5-8H2,1-2H3;3-6,11H,7-10H2,1-2H3. The summed E-state index contributed by atoms with van der Waals surface area (Å²) in [7, 11) is 8.13. The first kappa shape index (κ1) is 27.6. The fourth-order valence-electron chi connectivity index (χ4n) is 5.47. The molecule has 0 bridgehead atoms. The highest BCUT2D eigenvalue weighted by molar-refractivity contribution is 5.88. The van der Waals surface area contributed by atoms with Gasteiger partial charge >= 0.3 is 0 Å². The smallest absolute Gasteiger partial charge is 0.199 e. The van der Waals surface area contributed by atoms with Gasteiger partial charge in [-0.15, -0.1) is 0 Å². The third kappa shape index (κ3) is 5.66. The van der Waals surface area contributed by atoms with E-state index in [1.807, 2.05) is 53.7 Å². The molecule has 6 rings (SSSR count). The fourth-order valence-corrected chi connectivity index (χ4v) is 5.47. The molecule has 0 N–H and O–H groups in total. The summed E-state index contributed by atoms with van der Waals surface area (Å²) < 4.78 is 3.86. The SMILES string of the molecule is CN1CCN(c2ccc3c(=O)c(C=O)cn(C)c3c2)CC1.CN1CCN(c2ccc3c(=O)ccn(C)c3c2)CC1. The summed E-state index contributed by atoms with van der Waals surface area (Å²) in [6, 6.07) is 13.6. The summed E-state index contributed by atoms with van der Waals surface area (Å²) in [4.78, 5) is 44.3. The lowest BCUT2D eigenvalue weighted by atomic mass is 10.1. The van der Waals surface area contributed by atoms with E-state index in [9.17, 15) is 14.4 Å². The van der Waals surface area contributed by atoms with E-state index in [1.54, 1.807) is 12.3 Å². The van der Waals surface area contributed by atoms with Crippen LogP contribution in [-0.4, -0.2) is 91.7 Å². The minimum absolute atomic E-state index is 0.0954. The van der Waals surface area contributed by atoms with Crippen LogP contribution in [0.3, 0.4) is 0 Å². The van der Waals surface area contributed by atoms with Crippen LogP contribution in [0.5, 0.6) is 0 Å². The van der Waals surface area contributed by atoms with Gasteiger partial charge in [-0.3, -0.25) is 14.4 Å². The Morgan fingerprint density at radius 1 is 0.625 bits per heavy atom. The predicted octanol–water partition coefficient (Wildman–Crippen LogP) is 2.39. The molecule has 9 heteroatoms. The maximum absolute atomic E-state index is 12.2. The van der Waals surface area contributed by atoms with Crippen LogP contribution in [-0.2, 0) is 14.1 Å². The van der Waals surface area contributed by atoms with Crippen molar-refractivity contribution in [2.24, 2.45) is 14.1 Å².